The summed E-state index contributed by atoms with van der Waals surface area (Å²) in [5.74, 6) is -0.506. The van der Waals surface area contributed by atoms with Gasteiger partial charge in [-0.25, -0.2) is 0 Å². The second-order valence-corrected chi connectivity index (χ2v) is 4.07. The van der Waals surface area contributed by atoms with E-state index in [4.69, 9.17) is 26.8 Å². The van der Waals surface area contributed by atoms with Crippen molar-refractivity contribution in [1.82, 2.24) is 0 Å². The molecule has 0 spiro atoms. The summed E-state index contributed by atoms with van der Waals surface area (Å²) in [6.45, 7) is 1.39. The van der Waals surface area contributed by atoms with Gasteiger partial charge in [-0.15, -0.1) is 11.3 Å². The number of carbonyl (C=O) groups is 1. The lowest BCUT2D eigenvalue weighted by Crippen LogP contribution is -2.09. The summed E-state index contributed by atoms with van der Waals surface area (Å²) in [7, 11) is 1.60. The largest absolute Gasteiger partial charge is 0.382 e. The SMILES string of the molecule is COCCOCc1csc(C(N)=O)c1Cl. The topological polar surface area (TPSA) is 61.6 Å². The van der Waals surface area contributed by atoms with Crippen LogP contribution in [0.3, 0.4) is 0 Å². The van der Waals surface area contributed by atoms with Gasteiger partial charge in [0.2, 0.25) is 0 Å². The van der Waals surface area contributed by atoms with Crippen molar-refractivity contribution in [3.05, 3.63) is 20.8 Å². The fourth-order valence-corrected chi connectivity index (χ4v) is 2.16. The average Bonchev–Trinajstić information content (AvgIpc) is 2.55. The number of primary amides is 1. The van der Waals surface area contributed by atoms with Gasteiger partial charge < -0.3 is 15.2 Å². The molecule has 0 aliphatic carbocycles. The molecule has 1 amide bonds. The van der Waals surface area contributed by atoms with E-state index < -0.39 is 5.91 Å². The number of methoxy groups -OCH3 is 1. The number of hydrogen-bond donors (Lipinski definition) is 1. The van der Waals surface area contributed by atoms with Crippen LogP contribution in [-0.2, 0) is 16.1 Å². The summed E-state index contributed by atoms with van der Waals surface area (Å²) in [6, 6.07) is 0. The van der Waals surface area contributed by atoms with E-state index in [-0.39, 0.29) is 0 Å². The quantitative estimate of drug-likeness (QED) is 0.780. The molecular weight excluding hydrogens is 238 g/mol. The first-order chi connectivity index (χ1) is 7.16. The Balaban J connectivity index is 2.51. The molecule has 1 aromatic rings. The first-order valence-corrected chi connectivity index (χ1v) is 5.55. The van der Waals surface area contributed by atoms with Gasteiger partial charge in [0.05, 0.1) is 24.8 Å². The second-order valence-electron chi connectivity index (χ2n) is 2.81. The smallest absolute Gasteiger partial charge is 0.260 e. The van der Waals surface area contributed by atoms with Crippen molar-refractivity contribution in [2.45, 2.75) is 6.61 Å². The van der Waals surface area contributed by atoms with Crippen molar-refractivity contribution in [2.24, 2.45) is 5.73 Å². The predicted octanol–water partition coefficient (Wildman–Crippen LogP) is 1.66. The maximum atomic E-state index is 10.9. The zero-order valence-corrected chi connectivity index (χ0v) is 9.86. The van der Waals surface area contributed by atoms with E-state index in [1.165, 1.54) is 11.3 Å². The summed E-state index contributed by atoms with van der Waals surface area (Å²) in [6.07, 6.45) is 0. The Morgan fingerprint density at radius 2 is 2.33 bits per heavy atom. The highest BCUT2D eigenvalue weighted by Gasteiger charge is 2.13. The Hall–Kier alpha value is -0.620. The van der Waals surface area contributed by atoms with Gasteiger partial charge in [0.15, 0.2) is 0 Å². The van der Waals surface area contributed by atoms with E-state index in [1.807, 2.05) is 0 Å². The van der Waals surface area contributed by atoms with E-state index in [9.17, 15) is 4.79 Å². The standard InChI is InChI=1S/C9H12ClNO3S/c1-13-2-3-14-4-6-5-15-8(7(6)10)9(11)12/h5H,2-4H2,1H3,(H2,11,12). The lowest BCUT2D eigenvalue weighted by atomic mass is 10.3. The molecule has 84 valence electrons. The van der Waals surface area contributed by atoms with Gasteiger partial charge in [-0.1, -0.05) is 11.6 Å². The van der Waals surface area contributed by atoms with E-state index in [0.29, 0.717) is 29.7 Å². The normalized spacial score (nSPS) is 10.5. The molecule has 1 heterocycles. The molecule has 0 atom stereocenters. The fraction of sp³-hybridized carbons (Fsp3) is 0.444. The molecule has 0 aliphatic heterocycles. The summed E-state index contributed by atoms with van der Waals surface area (Å²) < 4.78 is 10.1. The maximum Gasteiger partial charge on any atom is 0.260 e. The predicted molar refractivity (Wildman–Crippen MR) is 59.4 cm³/mol. The summed E-state index contributed by atoms with van der Waals surface area (Å²) in [4.78, 5) is 11.3. The zero-order chi connectivity index (χ0) is 11.3. The summed E-state index contributed by atoms with van der Waals surface area (Å²) in [5, 5.41) is 2.17. The molecule has 1 rings (SSSR count). The molecule has 0 saturated heterocycles. The summed E-state index contributed by atoms with van der Waals surface area (Å²) >= 11 is 7.16. The molecule has 15 heavy (non-hydrogen) atoms. The number of ether oxygens (including phenoxy) is 2. The lowest BCUT2D eigenvalue weighted by molar-refractivity contribution is 0.0618. The number of rotatable bonds is 6. The molecule has 0 unspecified atom stereocenters. The van der Waals surface area contributed by atoms with E-state index in [1.54, 1.807) is 12.5 Å². The highest BCUT2D eigenvalue weighted by Crippen LogP contribution is 2.27. The van der Waals surface area contributed by atoms with Crippen LogP contribution in [0, 0.1) is 0 Å². The molecule has 4 nitrogen and oxygen atoms in total. The Labute approximate surface area is 96.9 Å². The van der Waals surface area contributed by atoms with Crippen molar-refractivity contribution in [1.29, 1.82) is 0 Å². The molecule has 6 heteroatoms. The first kappa shape index (κ1) is 12.4. The molecule has 0 aliphatic rings. The molecule has 0 fully saturated rings. The first-order valence-electron chi connectivity index (χ1n) is 4.29. The summed E-state index contributed by atoms with van der Waals surface area (Å²) in [5.41, 5.74) is 5.91. The van der Waals surface area contributed by atoms with E-state index in [0.717, 1.165) is 5.56 Å². The van der Waals surface area contributed by atoms with Gasteiger partial charge in [-0.05, 0) is 5.38 Å². The molecule has 0 bridgehead atoms. The second kappa shape index (κ2) is 6.07. The Bertz CT molecular complexity index is 340. The van der Waals surface area contributed by atoms with Gasteiger partial charge in [-0.2, -0.15) is 0 Å². The van der Waals surface area contributed by atoms with Crippen LogP contribution in [-0.4, -0.2) is 26.2 Å². The van der Waals surface area contributed by atoms with Crippen molar-refractivity contribution in [3.8, 4) is 0 Å². The van der Waals surface area contributed by atoms with Crippen LogP contribution in [0.15, 0.2) is 5.38 Å². The highest BCUT2D eigenvalue weighted by molar-refractivity contribution is 7.13. The number of amides is 1. The number of thiophene rings is 1. The van der Waals surface area contributed by atoms with E-state index >= 15 is 0 Å². The van der Waals surface area contributed by atoms with Crippen LogP contribution < -0.4 is 5.73 Å². The van der Waals surface area contributed by atoms with E-state index in [2.05, 4.69) is 0 Å². The van der Waals surface area contributed by atoms with Crippen molar-refractivity contribution in [3.63, 3.8) is 0 Å². The van der Waals surface area contributed by atoms with Gasteiger partial charge in [-0.3, -0.25) is 4.79 Å². The van der Waals surface area contributed by atoms with Crippen LogP contribution in [0.4, 0.5) is 0 Å². The number of halogens is 1. The zero-order valence-electron chi connectivity index (χ0n) is 8.29. The van der Waals surface area contributed by atoms with Gasteiger partial charge in [0.1, 0.15) is 4.88 Å². The minimum atomic E-state index is -0.506. The lowest BCUT2D eigenvalue weighted by Gasteiger charge is -2.02. The van der Waals surface area contributed by atoms with Crippen molar-refractivity contribution >= 4 is 28.8 Å². The third-order valence-electron chi connectivity index (χ3n) is 1.71. The van der Waals surface area contributed by atoms with Gasteiger partial charge >= 0.3 is 0 Å². The molecular formula is C9H12ClNO3S. The minimum absolute atomic E-state index is 0.367. The van der Waals surface area contributed by atoms with Crippen LogP contribution in [0.25, 0.3) is 0 Å². The van der Waals surface area contributed by atoms with Crippen LogP contribution >= 0.6 is 22.9 Å². The number of nitrogens with two attached hydrogens (primary N) is 1. The average molecular weight is 250 g/mol. The molecule has 2 N–H and O–H groups in total. The molecule has 0 saturated carbocycles. The Morgan fingerprint density at radius 3 is 2.87 bits per heavy atom. The van der Waals surface area contributed by atoms with Crippen LogP contribution in [0.1, 0.15) is 15.2 Å². The van der Waals surface area contributed by atoms with Gasteiger partial charge in [0, 0.05) is 12.7 Å². The van der Waals surface area contributed by atoms with Crippen molar-refractivity contribution < 1.29 is 14.3 Å². The third kappa shape index (κ3) is 3.46. The van der Waals surface area contributed by atoms with Crippen LogP contribution in [0.5, 0.6) is 0 Å². The Kier molecular flexibility index (Phi) is 5.04. The van der Waals surface area contributed by atoms with Crippen molar-refractivity contribution in [2.75, 3.05) is 20.3 Å². The maximum absolute atomic E-state index is 10.9. The number of carbonyl (C=O) groups excluding carboxylic acids is 1. The molecule has 0 aromatic carbocycles. The Morgan fingerprint density at radius 1 is 1.60 bits per heavy atom. The minimum Gasteiger partial charge on any atom is -0.382 e. The third-order valence-corrected chi connectivity index (χ3v) is 3.30. The monoisotopic (exact) mass is 249 g/mol. The molecule has 1 aromatic heterocycles. The van der Waals surface area contributed by atoms with Gasteiger partial charge in [0.25, 0.3) is 5.91 Å². The fourth-order valence-electron chi connectivity index (χ4n) is 0.967. The van der Waals surface area contributed by atoms with Crippen LogP contribution in [0.2, 0.25) is 5.02 Å². The molecule has 0 radical (unpaired) electrons. The number of hydrogen-bond acceptors (Lipinski definition) is 4. The highest BCUT2D eigenvalue weighted by atomic mass is 35.5.